The number of Topliss-reactive ketones (excluding diaryl/α,β-unsaturated/α-hetero) is 2. The van der Waals surface area contributed by atoms with Crippen molar-refractivity contribution in [1.82, 2.24) is 0 Å². The highest BCUT2D eigenvalue weighted by Gasteiger charge is 2.20. The van der Waals surface area contributed by atoms with Crippen LogP contribution >= 0.6 is 0 Å². The predicted molar refractivity (Wildman–Crippen MR) is 92.6 cm³/mol. The number of ketones is 2. The van der Waals surface area contributed by atoms with Gasteiger partial charge in [-0.25, -0.2) is 0 Å². The molecule has 0 saturated heterocycles. The minimum absolute atomic E-state index is 0.0561. The summed E-state index contributed by atoms with van der Waals surface area (Å²) in [4.78, 5) is 36.2. The van der Waals surface area contributed by atoms with E-state index in [1.807, 2.05) is 6.07 Å². The molecule has 0 unspecified atom stereocenters. The van der Waals surface area contributed by atoms with Gasteiger partial charge in [0, 0.05) is 11.3 Å². The zero-order chi connectivity index (χ0) is 18.6. The molecule has 2 aromatic carbocycles. The van der Waals surface area contributed by atoms with Crippen molar-refractivity contribution in [2.75, 3.05) is 10.5 Å². The fraction of sp³-hybridized carbons (Fsp3) is 0.167. The molecular weight excluding hydrogens is 324 g/mol. The Kier molecular flexibility index (Phi) is 5.63. The van der Waals surface area contributed by atoms with E-state index in [-0.39, 0.29) is 16.5 Å². The molecule has 7 heteroatoms. The van der Waals surface area contributed by atoms with Crippen LogP contribution in [-0.4, -0.2) is 22.7 Å². The number of carbonyl (C=O) groups is 3. The van der Waals surface area contributed by atoms with Gasteiger partial charge >= 0.3 is 0 Å². The van der Waals surface area contributed by atoms with Crippen molar-refractivity contribution in [2.45, 2.75) is 20.3 Å². The molecule has 0 aromatic heterocycles. The van der Waals surface area contributed by atoms with Gasteiger partial charge in [0.2, 0.25) is 5.78 Å². The standard InChI is InChI=1S/C18H17N2O5/c1-11-5-3-6-12(2)17(11)19-18(23)16(22)10-15(21)13-7-4-8-14(9-13)20(24)25/h3-9,24H,10H2,1-2H3,(H,19,23)/q-1. The van der Waals surface area contributed by atoms with Crippen LogP contribution in [0.2, 0.25) is 0 Å². The molecule has 2 aromatic rings. The minimum Gasteiger partial charge on any atom is -0.733 e. The van der Waals surface area contributed by atoms with Crippen LogP contribution in [-0.2, 0) is 9.59 Å². The first-order chi connectivity index (χ1) is 11.8. The van der Waals surface area contributed by atoms with E-state index in [1.54, 1.807) is 26.0 Å². The first kappa shape index (κ1) is 18.3. The highest BCUT2D eigenvalue weighted by atomic mass is 16.8. The molecule has 2 N–H and O–H groups in total. The van der Waals surface area contributed by atoms with Crippen LogP contribution in [0.15, 0.2) is 42.5 Å². The zero-order valence-corrected chi connectivity index (χ0v) is 13.8. The Balaban J connectivity index is 2.07. The lowest BCUT2D eigenvalue weighted by molar-refractivity contribution is -0.134. The van der Waals surface area contributed by atoms with E-state index in [0.29, 0.717) is 5.69 Å². The van der Waals surface area contributed by atoms with Gasteiger partial charge in [0.1, 0.15) is 0 Å². The van der Waals surface area contributed by atoms with Gasteiger partial charge in [-0.2, -0.15) is 0 Å². The number of nitrogens with zero attached hydrogens (tertiary/aromatic N) is 1. The van der Waals surface area contributed by atoms with Crippen LogP contribution in [0.1, 0.15) is 27.9 Å². The Bertz CT molecular complexity index is 810. The van der Waals surface area contributed by atoms with Gasteiger partial charge in [-0.3, -0.25) is 19.6 Å². The van der Waals surface area contributed by atoms with Gasteiger partial charge in [-0.05, 0) is 37.1 Å². The molecule has 0 radical (unpaired) electrons. The van der Waals surface area contributed by atoms with E-state index in [2.05, 4.69) is 5.32 Å². The van der Waals surface area contributed by atoms with Gasteiger partial charge in [-0.1, -0.05) is 30.3 Å². The Labute approximate surface area is 144 Å². The molecule has 0 fully saturated rings. The van der Waals surface area contributed by atoms with Crippen molar-refractivity contribution in [3.8, 4) is 0 Å². The van der Waals surface area contributed by atoms with Gasteiger partial charge in [0.15, 0.2) is 5.78 Å². The van der Waals surface area contributed by atoms with E-state index in [9.17, 15) is 19.6 Å². The monoisotopic (exact) mass is 341 g/mol. The molecule has 0 spiro atoms. The number of hydrogen-bond acceptors (Lipinski definition) is 6. The molecule has 2 rings (SSSR count). The van der Waals surface area contributed by atoms with Crippen LogP contribution in [0.4, 0.5) is 11.4 Å². The average molecular weight is 341 g/mol. The Morgan fingerprint density at radius 2 is 1.68 bits per heavy atom. The Hall–Kier alpha value is -3.03. The third-order valence-electron chi connectivity index (χ3n) is 3.68. The second-order valence-electron chi connectivity index (χ2n) is 5.57. The molecule has 0 aliphatic carbocycles. The quantitative estimate of drug-likeness (QED) is 0.362. The lowest BCUT2D eigenvalue weighted by Gasteiger charge is -2.21. The molecule has 0 aliphatic rings. The molecule has 25 heavy (non-hydrogen) atoms. The van der Waals surface area contributed by atoms with Crippen LogP contribution in [0.5, 0.6) is 0 Å². The molecule has 0 heterocycles. The molecule has 0 aliphatic heterocycles. The Morgan fingerprint density at radius 3 is 2.28 bits per heavy atom. The van der Waals surface area contributed by atoms with Crippen molar-refractivity contribution in [2.24, 2.45) is 0 Å². The molecule has 1 amide bonds. The summed E-state index contributed by atoms with van der Waals surface area (Å²) in [6, 6.07) is 10.7. The minimum atomic E-state index is -0.888. The number of aryl methyl sites for hydroxylation is 2. The number of benzene rings is 2. The largest absolute Gasteiger partial charge is 0.733 e. The fourth-order valence-electron chi connectivity index (χ4n) is 2.32. The summed E-state index contributed by atoms with van der Waals surface area (Å²) >= 11 is 0. The van der Waals surface area contributed by atoms with Gasteiger partial charge < -0.3 is 15.8 Å². The molecule has 7 nitrogen and oxygen atoms in total. The van der Waals surface area contributed by atoms with Crippen LogP contribution in [0.25, 0.3) is 0 Å². The van der Waals surface area contributed by atoms with Crippen molar-refractivity contribution >= 4 is 28.8 Å². The molecule has 130 valence electrons. The van der Waals surface area contributed by atoms with E-state index in [4.69, 9.17) is 5.21 Å². The van der Waals surface area contributed by atoms with E-state index in [0.717, 1.165) is 17.2 Å². The first-order valence-corrected chi connectivity index (χ1v) is 7.49. The number of carbonyl (C=O) groups excluding carboxylic acids is 3. The number of nitrogens with one attached hydrogen (secondary N) is 1. The summed E-state index contributed by atoms with van der Waals surface area (Å²) < 4.78 is 0. The Morgan fingerprint density at radius 1 is 1.08 bits per heavy atom. The highest BCUT2D eigenvalue weighted by molar-refractivity contribution is 6.44. The summed E-state index contributed by atoms with van der Waals surface area (Å²) in [6.07, 6.45) is -0.634. The zero-order valence-electron chi connectivity index (χ0n) is 13.8. The number of para-hydroxylation sites is 1. The average Bonchev–Trinajstić information content (AvgIpc) is 2.58. The number of anilines is 2. The number of rotatable bonds is 6. The van der Waals surface area contributed by atoms with Crippen molar-refractivity contribution < 1.29 is 19.6 Å². The SMILES string of the molecule is Cc1cccc(C)c1NC(=O)C(=O)CC(=O)c1cccc(N([O-])O)c1. The highest BCUT2D eigenvalue weighted by Crippen LogP contribution is 2.20. The smallest absolute Gasteiger partial charge is 0.292 e. The number of hydrogen-bond donors (Lipinski definition) is 2. The fourth-order valence-corrected chi connectivity index (χ4v) is 2.32. The summed E-state index contributed by atoms with van der Waals surface area (Å²) in [5, 5.41) is 21.8. The van der Waals surface area contributed by atoms with Gasteiger partial charge in [0.25, 0.3) is 5.91 Å². The molecule has 0 atom stereocenters. The van der Waals surface area contributed by atoms with E-state index < -0.39 is 23.9 Å². The normalized spacial score (nSPS) is 10.2. The van der Waals surface area contributed by atoms with Crippen molar-refractivity contribution in [1.29, 1.82) is 0 Å². The first-order valence-electron chi connectivity index (χ1n) is 7.49. The lowest BCUT2D eigenvalue weighted by atomic mass is 10.0. The number of amides is 1. The van der Waals surface area contributed by atoms with Gasteiger partial charge in [-0.15, -0.1) is 0 Å². The summed E-state index contributed by atoms with van der Waals surface area (Å²) in [6.45, 7) is 3.60. The third kappa shape index (κ3) is 4.50. The summed E-state index contributed by atoms with van der Waals surface area (Å²) in [5.41, 5.74) is 2.06. The third-order valence-corrected chi connectivity index (χ3v) is 3.68. The maximum Gasteiger partial charge on any atom is 0.292 e. The van der Waals surface area contributed by atoms with Crippen LogP contribution < -0.4 is 10.5 Å². The topological polar surface area (TPSA) is 110 Å². The summed E-state index contributed by atoms with van der Waals surface area (Å²) in [5.74, 6) is -2.39. The van der Waals surface area contributed by atoms with E-state index in [1.165, 1.54) is 18.2 Å². The maximum absolute atomic E-state index is 12.1. The van der Waals surface area contributed by atoms with Crippen LogP contribution in [0, 0.1) is 19.1 Å². The maximum atomic E-state index is 12.1. The van der Waals surface area contributed by atoms with E-state index >= 15 is 0 Å². The second kappa shape index (κ2) is 7.69. The van der Waals surface area contributed by atoms with Crippen molar-refractivity contribution in [3.63, 3.8) is 0 Å². The van der Waals surface area contributed by atoms with Crippen LogP contribution in [0.3, 0.4) is 0 Å². The van der Waals surface area contributed by atoms with Gasteiger partial charge in [0.05, 0.1) is 12.1 Å². The summed E-state index contributed by atoms with van der Waals surface area (Å²) in [7, 11) is 0. The second-order valence-corrected chi connectivity index (χ2v) is 5.57. The molecule has 0 saturated carbocycles. The molecular formula is C18H17N2O5-. The van der Waals surface area contributed by atoms with Crippen molar-refractivity contribution in [3.05, 3.63) is 64.4 Å². The predicted octanol–water partition coefficient (Wildman–Crippen LogP) is 2.78. The molecule has 0 bridgehead atoms. The lowest BCUT2D eigenvalue weighted by Crippen LogP contribution is -2.26.